The fourth-order valence-electron chi connectivity index (χ4n) is 2.71. The minimum Gasteiger partial charge on any atom is -0.426 e. The van der Waals surface area contributed by atoms with E-state index in [0.29, 0.717) is 31.6 Å². The number of carbonyl (C=O) groups is 1. The molecule has 1 aromatic carbocycles. The third-order valence-corrected chi connectivity index (χ3v) is 4.14. The molecule has 0 bridgehead atoms. The van der Waals surface area contributed by atoms with Crippen molar-refractivity contribution >= 4 is 13.0 Å². The van der Waals surface area contributed by atoms with E-state index in [0.717, 1.165) is 12.8 Å². The molecule has 0 spiro atoms. The number of hydrogen-bond acceptors (Lipinski definition) is 6. The number of nitrogens with zero attached hydrogens (tertiary/aromatic N) is 3. The molecule has 0 fully saturated rings. The molecule has 2 rings (SSSR count). The summed E-state index contributed by atoms with van der Waals surface area (Å²) in [6.07, 6.45) is 4.83. The average Bonchev–Trinajstić information content (AvgIpc) is 3.07. The molecule has 0 unspecified atom stereocenters. The second-order valence-electron chi connectivity index (χ2n) is 6.19. The van der Waals surface area contributed by atoms with E-state index < -0.39 is 13.1 Å². The molecule has 0 aliphatic carbocycles. The van der Waals surface area contributed by atoms with Gasteiger partial charge in [0.25, 0.3) is 0 Å². The Balaban J connectivity index is 1.87. The van der Waals surface area contributed by atoms with Gasteiger partial charge in [0.1, 0.15) is 18.7 Å². The van der Waals surface area contributed by atoms with Gasteiger partial charge in [-0.2, -0.15) is 5.10 Å². The lowest BCUT2D eigenvalue weighted by molar-refractivity contribution is -0.122. The number of nitrogens with one attached hydrogen (secondary N) is 1. The lowest BCUT2D eigenvalue weighted by Gasteiger charge is -2.17. The standard InChI is InChI=1S/C17H26BN5O3/c19-11-5-4-8-15(18(25)26)22-17(24)12-23-16(20-13-21-23)10-9-14-6-2-1-3-7-14/h1-3,6-7,13,15,25-26H,4-5,8-12,19H2,(H,22,24)/t15-/m0/s1. The summed E-state index contributed by atoms with van der Waals surface area (Å²) in [5.41, 5.74) is 6.63. The molecule has 2 aromatic rings. The Labute approximate surface area is 153 Å². The molecule has 8 nitrogen and oxygen atoms in total. The van der Waals surface area contributed by atoms with E-state index in [1.54, 1.807) is 4.68 Å². The van der Waals surface area contributed by atoms with Crippen molar-refractivity contribution in [2.75, 3.05) is 6.54 Å². The highest BCUT2D eigenvalue weighted by Gasteiger charge is 2.25. The normalized spacial score (nSPS) is 12.0. The lowest BCUT2D eigenvalue weighted by Crippen LogP contribution is -2.47. The van der Waals surface area contributed by atoms with E-state index >= 15 is 0 Å². The highest BCUT2D eigenvalue weighted by molar-refractivity contribution is 6.43. The molecule has 0 aliphatic rings. The lowest BCUT2D eigenvalue weighted by atomic mass is 9.76. The molecule has 1 heterocycles. The van der Waals surface area contributed by atoms with Crippen LogP contribution < -0.4 is 11.1 Å². The molecule has 0 saturated carbocycles. The summed E-state index contributed by atoms with van der Waals surface area (Å²) in [5, 5.41) is 25.6. The minimum atomic E-state index is -1.61. The number of amides is 1. The number of nitrogens with two attached hydrogens (primary N) is 1. The van der Waals surface area contributed by atoms with E-state index in [9.17, 15) is 14.8 Å². The summed E-state index contributed by atoms with van der Waals surface area (Å²) in [6, 6.07) is 10.0. The highest BCUT2D eigenvalue weighted by atomic mass is 16.4. The maximum atomic E-state index is 12.2. The first-order valence-corrected chi connectivity index (χ1v) is 8.86. The van der Waals surface area contributed by atoms with Crippen LogP contribution in [0, 0.1) is 0 Å². The summed E-state index contributed by atoms with van der Waals surface area (Å²) in [4.78, 5) is 16.5. The highest BCUT2D eigenvalue weighted by Crippen LogP contribution is 2.06. The van der Waals surface area contributed by atoms with Gasteiger partial charge in [-0.15, -0.1) is 0 Å². The first kappa shape index (κ1) is 20.1. The number of rotatable bonds is 11. The fourth-order valence-corrected chi connectivity index (χ4v) is 2.71. The number of unbranched alkanes of at least 4 members (excludes halogenated alkanes) is 1. The molecular weight excluding hydrogens is 333 g/mol. The first-order chi connectivity index (χ1) is 12.6. The molecule has 1 atom stereocenters. The second-order valence-corrected chi connectivity index (χ2v) is 6.19. The van der Waals surface area contributed by atoms with Crippen molar-refractivity contribution in [2.24, 2.45) is 5.73 Å². The van der Waals surface area contributed by atoms with Crippen LogP contribution in [0.2, 0.25) is 0 Å². The van der Waals surface area contributed by atoms with Crippen LogP contribution in [0.4, 0.5) is 0 Å². The molecular formula is C17H26BN5O3. The van der Waals surface area contributed by atoms with Crippen LogP contribution in [0.1, 0.15) is 30.7 Å². The monoisotopic (exact) mass is 359 g/mol. The van der Waals surface area contributed by atoms with Crippen molar-refractivity contribution in [3.8, 4) is 0 Å². The van der Waals surface area contributed by atoms with Crippen LogP contribution >= 0.6 is 0 Å². The van der Waals surface area contributed by atoms with E-state index in [2.05, 4.69) is 15.4 Å². The third kappa shape index (κ3) is 6.59. The van der Waals surface area contributed by atoms with Crippen LogP contribution in [0.3, 0.4) is 0 Å². The topological polar surface area (TPSA) is 126 Å². The molecule has 1 amide bonds. The zero-order valence-corrected chi connectivity index (χ0v) is 14.8. The predicted octanol–water partition coefficient (Wildman–Crippen LogP) is -0.311. The van der Waals surface area contributed by atoms with Crippen LogP contribution in [-0.4, -0.2) is 50.3 Å². The van der Waals surface area contributed by atoms with Crippen molar-refractivity contribution in [3.63, 3.8) is 0 Å². The van der Waals surface area contributed by atoms with Gasteiger partial charge < -0.3 is 21.1 Å². The largest absolute Gasteiger partial charge is 0.475 e. The molecule has 140 valence electrons. The van der Waals surface area contributed by atoms with Crippen LogP contribution in [0.25, 0.3) is 0 Å². The SMILES string of the molecule is NCCCC[C@H](NC(=O)Cn1ncnc1CCc1ccccc1)B(O)O. The second kappa shape index (κ2) is 10.7. The van der Waals surface area contributed by atoms with E-state index in [-0.39, 0.29) is 12.5 Å². The zero-order valence-electron chi connectivity index (χ0n) is 14.8. The summed E-state index contributed by atoms with van der Waals surface area (Å²) in [7, 11) is -1.61. The number of carbonyl (C=O) groups excluding carboxylic acids is 1. The smallest absolute Gasteiger partial charge is 0.426 e. The van der Waals surface area contributed by atoms with Gasteiger partial charge in [0, 0.05) is 6.42 Å². The van der Waals surface area contributed by atoms with E-state index in [1.165, 1.54) is 11.9 Å². The number of aromatic nitrogens is 3. The van der Waals surface area contributed by atoms with Gasteiger partial charge in [0.05, 0.1) is 5.94 Å². The fraction of sp³-hybridized carbons (Fsp3) is 0.471. The van der Waals surface area contributed by atoms with Crippen molar-refractivity contribution in [1.82, 2.24) is 20.1 Å². The van der Waals surface area contributed by atoms with Crippen molar-refractivity contribution in [2.45, 2.75) is 44.6 Å². The van der Waals surface area contributed by atoms with Gasteiger partial charge in [0.2, 0.25) is 5.91 Å². The maximum absolute atomic E-state index is 12.2. The van der Waals surface area contributed by atoms with Crippen molar-refractivity contribution in [1.29, 1.82) is 0 Å². The predicted molar refractivity (Wildman–Crippen MR) is 98.9 cm³/mol. The Bertz CT molecular complexity index is 665. The van der Waals surface area contributed by atoms with E-state index in [1.807, 2.05) is 30.3 Å². The molecule has 1 aromatic heterocycles. The molecule has 9 heteroatoms. The minimum absolute atomic E-state index is 0.00969. The molecule has 26 heavy (non-hydrogen) atoms. The Morgan fingerprint density at radius 3 is 2.69 bits per heavy atom. The molecule has 0 saturated heterocycles. The van der Waals surface area contributed by atoms with Crippen LogP contribution in [-0.2, 0) is 24.2 Å². The average molecular weight is 359 g/mol. The zero-order chi connectivity index (χ0) is 18.8. The van der Waals surface area contributed by atoms with Crippen LogP contribution in [0.15, 0.2) is 36.7 Å². The third-order valence-electron chi connectivity index (χ3n) is 4.14. The van der Waals surface area contributed by atoms with Crippen molar-refractivity contribution in [3.05, 3.63) is 48.0 Å². The Morgan fingerprint density at radius 1 is 1.23 bits per heavy atom. The van der Waals surface area contributed by atoms with Crippen molar-refractivity contribution < 1.29 is 14.8 Å². The first-order valence-electron chi connectivity index (χ1n) is 8.86. The summed E-state index contributed by atoms with van der Waals surface area (Å²) >= 11 is 0. The molecule has 5 N–H and O–H groups in total. The summed E-state index contributed by atoms with van der Waals surface area (Å²) in [6.45, 7) is 0.524. The summed E-state index contributed by atoms with van der Waals surface area (Å²) in [5.74, 6) is -0.333. The number of hydrogen-bond donors (Lipinski definition) is 4. The van der Waals surface area contributed by atoms with Gasteiger partial charge in [-0.25, -0.2) is 9.67 Å². The quantitative estimate of drug-likeness (QED) is 0.322. The molecule has 0 aliphatic heterocycles. The Hall–Kier alpha value is -2.23. The number of benzene rings is 1. The summed E-state index contributed by atoms with van der Waals surface area (Å²) < 4.78 is 1.54. The van der Waals surface area contributed by atoms with Gasteiger partial charge in [0.15, 0.2) is 0 Å². The van der Waals surface area contributed by atoms with Gasteiger partial charge in [-0.1, -0.05) is 36.8 Å². The Kier molecular flexibility index (Phi) is 8.26. The van der Waals surface area contributed by atoms with Gasteiger partial charge in [-0.05, 0) is 31.4 Å². The number of aryl methyl sites for hydroxylation is 2. The van der Waals surface area contributed by atoms with Gasteiger partial charge in [-0.3, -0.25) is 4.79 Å². The Morgan fingerprint density at radius 2 is 2.00 bits per heavy atom. The van der Waals surface area contributed by atoms with E-state index in [4.69, 9.17) is 5.73 Å². The van der Waals surface area contributed by atoms with Crippen LogP contribution in [0.5, 0.6) is 0 Å². The molecule has 0 radical (unpaired) electrons. The van der Waals surface area contributed by atoms with Gasteiger partial charge >= 0.3 is 7.12 Å². The maximum Gasteiger partial charge on any atom is 0.475 e.